The molecule has 0 bridgehead atoms. The summed E-state index contributed by atoms with van der Waals surface area (Å²) in [7, 11) is 0. The lowest BCUT2D eigenvalue weighted by Crippen LogP contribution is -2.66. The highest BCUT2D eigenvalue weighted by molar-refractivity contribution is 5.76. The molecule has 0 aromatic heterocycles. The minimum atomic E-state index is -0.889. The Balaban J connectivity index is 1.60. The monoisotopic (exact) mass is 520 g/mol. The van der Waals surface area contributed by atoms with E-state index in [1.807, 2.05) is 91.0 Å². The van der Waals surface area contributed by atoms with E-state index in [2.05, 4.69) is 5.32 Å². The molecule has 1 saturated heterocycles. The normalized spacial score (nSPS) is 23.5. The molecule has 5 atom stereocenters. The molecule has 0 radical (unpaired) electrons. The highest BCUT2D eigenvalue weighted by Crippen LogP contribution is 2.29. The molecular formula is C31H37NO6. The molecule has 202 valence electrons. The van der Waals surface area contributed by atoms with E-state index in [1.165, 1.54) is 0 Å². The van der Waals surface area contributed by atoms with Gasteiger partial charge in [0.2, 0.25) is 5.91 Å². The van der Waals surface area contributed by atoms with E-state index in [0.717, 1.165) is 16.7 Å². The molecule has 2 N–H and O–H groups in total. The van der Waals surface area contributed by atoms with Gasteiger partial charge in [0.25, 0.3) is 0 Å². The Morgan fingerprint density at radius 3 is 1.82 bits per heavy atom. The van der Waals surface area contributed by atoms with Gasteiger partial charge in [-0.1, -0.05) is 97.9 Å². The summed E-state index contributed by atoms with van der Waals surface area (Å²) in [6.07, 6.45) is -2.35. The first kappa shape index (κ1) is 26.5. The molecule has 1 aliphatic heterocycles. The highest BCUT2D eigenvalue weighted by atomic mass is 16.7. The summed E-state index contributed by atoms with van der Waals surface area (Å²) in [5.41, 5.74) is 2.88. The van der Waals surface area contributed by atoms with Gasteiger partial charge < -0.3 is 29.4 Å². The van der Waals surface area contributed by atoms with Crippen LogP contribution in [-0.4, -0.2) is 48.3 Å². The second kappa shape index (κ2) is 14.8. The Hall–Kier alpha value is -3.07. The van der Waals surface area contributed by atoms with Crippen LogP contribution in [0.5, 0.6) is 0 Å². The van der Waals surface area contributed by atoms with Gasteiger partial charge >= 0.3 is 0 Å². The third-order valence-electron chi connectivity index (χ3n) is 6.39. The van der Waals surface area contributed by atoms with Crippen LogP contribution in [0.1, 0.15) is 37.8 Å². The third kappa shape index (κ3) is 7.96. The van der Waals surface area contributed by atoms with E-state index in [4.69, 9.17) is 20.3 Å². The first-order chi connectivity index (χ1) is 19.2. The first-order valence-corrected chi connectivity index (χ1v) is 13.0. The Bertz CT molecular complexity index is 1100. The number of aliphatic hydroxyl groups is 1. The SMILES string of the molecule is [2H]CCCC(=O)N[C@H]1C(OCc2ccccc2)O[C@H](CO)[C@@H](OCc2ccccc2)[C@@H]1OCc1ccccc1. The van der Waals surface area contributed by atoms with E-state index in [-0.39, 0.29) is 45.7 Å². The fourth-order valence-corrected chi connectivity index (χ4v) is 4.45. The van der Waals surface area contributed by atoms with Gasteiger partial charge in [0.1, 0.15) is 24.4 Å². The number of amides is 1. The van der Waals surface area contributed by atoms with Crippen LogP contribution in [0.2, 0.25) is 0 Å². The fourth-order valence-electron chi connectivity index (χ4n) is 4.45. The minimum absolute atomic E-state index is 0.159. The average molecular weight is 521 g/mol. The molecule has 1 amide bonds. The third-order valence-corrected chi connectivity index (χ3v) is 6.39. The molecule has 1 unspecified atom stereocenters. The summed E-state index contributed by atoms with van der Waals surface area (Å²) in [5, 5.41) is 13.4. The summed E-state index contributed by atoms with van der Waals surface area (Å²) in [5.74, 6) is -0.221. The quantitative estimate of drug-likeness (QED) is 0.348. The van der Waals surface area contributed by atoms with Crippen LogP contribution in [0.4, 0.5) is 0 Å². The van der Waals surface area contributed by atoms with Crippen LogP contribution in [0.25, 0.3) is 0 Å². The van der Waals surface area contributed by atoms with Gasteiger partial charge in [-0.2, -0.15) is 0 Å². The maximum absolute atomic E-state index is 12.9. The van der Waals surface area contributed by atoms with Crippen molar-refractivity contribution >= 4 is 5.91 Å². The number of aliphatic hydroxyl groups excluding tert-OH is 1. The Labute approximate surface area is 226 Å². The zero-order valence-electron chi connectivity index (χ0n) is 22.5. The van der Waals surface area contributed by atoms with E-state index in [1.54, 1.807) is 0 Å². The Kier molecular flexibility index (Phi) is 10.3. The Morgan fingerprint density at radius 1 is 0.816 bits per heavy atom. The molecule has 7 nitrogen and oxygen atoms in total. The van der Waals surface area contributed by atoms with Crippen LogP contribution in [0, 0.1) is 0 Å². The van der Waals surface area contributed by atoms with E-state index >= 15 is 0 Å². The molecule has 38 heavy (non-hydrogen) atoms. The smallest absolute Gasteiger partial charge is 0.220 e. The molecule has 3 aromatic rings. The lowest BCUT2D eigenvalue weighted by molar-refractivity contribution is -0.290. The summed E-state index contributed by atoms with van der Waals surface area (Å²) < 4.78 is 32.6. The van der Waals surface area contributed by atoms with Gasteiger partial charge in [-0.3, -0.25) is 4.79 Å². The second-order valence-corrected chi connectivity index (χ2v) is 9.24. The molecular weight excluding hydrogens is 482 g/mol. The number of carbonyl (C=O) groups excluding carboxylic acids is 1. The van der Waals surface area contributed by atoms with Crippen molar-refractivity contribution in [2.24, 2.45) is 0 Å². The molecule has 1 aliphatic rings. The number of hydrogen-bond acceptors (Lipinski definition) is 6. The molecule has 0 saturated carbocycles. The maximum atomic E-state index is 12.9. The van der Waals surface area contributed by atoms with Crippen molar-refractivity contribution in [3.8, 4) is 0 Å². The molecule has 4 rings (SSSR count). The van der Waals surface area contributed by atoms with Crippen molar-refractivity contribution in [3.63, 3.8) is 0 Å². The number of ether oxygens (including phenoxy) is 4. The first-order valence-electron chi connectivity index (χ1n) is 13.7. The molecule has 7 heteroatoms. The van der Waals surface area contributed by atoms with Gasteiger partial charge in [0.15, 0.2) is 6.29 Å². The van der Waals surface area contributed by atoms with E-state index in [0.29, 0.717) is 6.42 Å². The minimum Gasteiger partial charge on any atom is -0.394 e. The van der Waals surface area contributed by atoms with Crippen molar-refractivity contribution in [1.82, 2.24) is 5.32 Å². The molecule has 0 spiro atoms. The van der Waals surface area contributed by atoms with Crippen LogP contribution in [0.15, 0.2) is 91.0 Å². The van der Waals surface area contributed by atoms with Crippen molar-refractivity contribution in [1.29, 1.82) is 0 Å². The van der Waals surface area contributed by atoms with Crippen molar-refractivity contribution in [2.75, 3.05) is 6.61 Å². The van der Waals surface area contributed by atoms with Gasteiger partial charge in [-0.05, 0) is 23.1 Å². The summed E-state index contributed by atoms with van der Waals surface area (Å²) in [4.78, 5) is 12.9. The summed E-state index contributed by atoms with van der Waals surface area (Å²) in [6, 6.07) is 28.5. The van der Waals surface area contributed by atoms with Gasteiger partial charge in [0, 0.05) is 7.79 Å². The molecule has 3 aromatic carbocycles. The predicted octanol–water partition coefficient (Wildman–Crippen LogP) is 4.38. The highest BCUT2D eigenvalue weighted by Gasteiger charge is 2.48. The van der Waals surface area contributed by atoms with Crippen LogP contribution in [-0.2, 0) is 43.6 Å². The fraction of sp³-hybridized carbons (Fsp3) is 0.387. The lowest BCUT2D eigenvalue weighted by Gasteiger charge is -2.46. The average Bonchev–Trinajstić information content (AvgIpc) is 2.99. The zero-order chi connectivity index (χ0) is 27.3. The molecule has 1 heterocycles. The second-order valence-electron chi connectivity index (χ2n) is 9.24. The van der Waals surface area contributed by atoms with Crippen molar-refractivity contribution in [2.45, 2.75) is 70.2 Å². The molecule has 1 fully saturated rings. The number of carbonyl (C=O) groups is 1. The number of nitrogens with one attached hydrogen (secondary N) is 1. The predicted molar refractivity (Wildman–Crippen MR) is 144 cm³/mol. The Morgan fingerprint density at radius 2 is 1.32 bits per heavy atom. The van der Waals surface area contributed by atoms with Gasteiger partial charge in [-0.25, -0.2) is 0 Å². The summed E-state index contributed by atoms with van der Waals surface area (Å²) in [6.45, 7) is 0.663. The molecule has 0 aliphatic carbocycles. The largest absolute Gasteiger partial charge is 0.394 e. The topological polar surface area (TPSA) is 86.3 Å². The number of hydrogen-bond donors (Lipinski definition) is 2. The van der Waals surface area contributed by atoms with Gasteiger partial charge in [0.05, 0.1) is 26.4 Å². The van der Waals surface area contributed by atoms with E-state index in [9.17, 15) is 9.90 Å². The van der Waals surface area contributed by atoms with Gasteiger partial charge in [-0.15, -0.1) is 0 Å². The van der Waals surface area contributed by atoms with E-state index < -0.39 is 30.6 Å². The van der Waals surface area contributed by atoms with Crippen LogP contribution < -0.4 is 5.32 Å². The standard InChI is InChI=1S/C31H37NO6/c1-2-12-27(34)32-28-30(36-21-24-15-8-4-9-16-24)29(35-20-23-13-6-3-7-14-23)26(19-33)38-31(28)37-22-25-17-10-5-11-18-25/h3-11,13-18,26,28-31,33H,2,12,19-22H2,1H3,(H,32,34)/t26-,28-,29-,30-,31?/m1/s1/i1D. The van der Waals surface area contributed by atoms with Crippen LogP contribution >= 0.6 is 0 Å². The zero-order valence-corrected chi connectivity index (χ0v) is 21.5. The van der Waals surface area contributed by atoms with Crippen molar-refractivity contribution in [3.05, 3.63) is 108 Å². The number of benzene rings is 3. The summed E-state index contributed by atoms with van der Waals surface area (Å²) >= 11 is 0. The lowest BCUT2D eigenvalue weighted by atomic mass is 9.95. The number of rotatable bonds is 13. The van der Waals surface area contributed by atoms with Crippen molar-refractivity contribution < 1.29 is 30.2 Å². The maximum Gasteiger partial charge on any atom is 0.220 e. The van der Waals surface area contributed by atoms with Crippen LogP contribution in [0.3, 0.4) is 0 Å².